The minimum Gasteiger partial charge on any atom is -0.326 e. The smallest absolute Gasteiger partial charge is 0.0491 e. The molecule has 14 heavy (non-hydrogen) atoms. The fourth-order valence-corrected chi connectivity index (χ4v) is 2.14. The van der Waals surface area contributed by atoms with E-state index in [1.54, 1.807) is 0 Å². The van der Waals surface area contributed by atoms with Crippen molar-refractivity contribution in [3.63, 3.8) is 0 Å². The van der Waals surface area contributed by atoms with Gasteiger partial charge in [0.05, 0.1) is 0 Å². The normalized spacial score (nSPS) is 13.1. The van der Waals surface area contributed by atoms with Gasteiger partial charge in [0.2, 0.25) is 0 Å². The highest BCUT2D eigenvalue weighted by Crippen LogP contribution is 2.12. The second kappa shape index (κ2) is 5.27. The van der Waals surface area contributed by atoms with Crippen LogP contribution in [0.4, 0.5) is 0 Å². The quantitative estimate of drug-likeness (QED) is 0.825. The first-order chi connectivity index (χ1) is 6.65. The fraction of sp³-hybridized carbons (Fsp3) is 0.455. The Morgan fingerprint density at radius 3 is 2.36 bits per heavy atom. The molecular formula is C11H17NOS. The molecule has 0 spiro atoms. The van der Waals surface area contributed by atoms with Gasteiger partial charge in [0.15, 0.2) is 0 Å². The molecule has 0 aliphatic heterocycles. The minimum atomic E-state index is -0.790. The molecule has 0 bridgehead atoms. The Morgan fingerprint density at radius 1 is 1.29 bits per heavy atom. The molecule has 2 nitrogen and oxygen atoms in total. The molecule has 0 amide bonds. The lowest BCUT2D eigenvalue weighted by Gasteiger charge is -2.09. The minimum absolute atomic E-state index is 0.209. The number of hydrogen-bond acceptors (Lipinski definition) is 2. The van der Waals surface area contributed by atoms with Crippen molar-refractivity contribution < 1.29 is 4.21 Å². The van der Waals surface area contributed by atoms with Crippen LogP contribution >= 0.6 is 0 Å². The summed E-state index contributed by atoms with van der Waals surface area (Å²) in [6, 6.07) is 7.92. The number of nitrogens with two attached hydrogens (primary N) is 1. The Bertz CT molecular complexity index is 323. The molecule has 0 saturated heterocycles. The Balaban J connectivity index is 2.80. The van der Waals surface area contributed by atoms with Crippen LogP contribution in [0.2, 0.25) is 0 Å². The topological polar surface area (TPSA) is 43.1 Å². The van der Waals surface area contributed by atoms with Gasteiger partial charge in [-0.1, -0.05) is 38.1 Å². The summed E-state index contributed by atoms with van der Waals surface area (Å²) in [5, 5.41) is 0.209. The SMILES string of the molecule is CC(C)S(=O)Cc1ccccc1CN. The van der Waals surface area contributed by atoms with Crippen molar-refractivity contribution >= 4 is 10.8 Å². The summed E-state index contributed by atoms with van der Waals surface area (Å²) in [6.07, 6.45) is 0. The van der Waals surface area contributed by atoms with Crippen molar-refractivity contribution in [1.82, 2.24) is 0 Å². The fourth-order valence-electron chi connectivity index (χ4n) is 1.22. The van der Waals surface area contributed by atoms with Crippen LogP contribution < -0.4 is 5.73 Å². The summed E-state index contributed by atoms with van der Waals surface area (Å²) in [4.78, 5) is 0. The first-order valence-corrected chi connectivity index (χ1v) is 6.17. The van der Waals surface area contributed by atoms with E-state index >= 15 is 0 Å². The molecule has 0 aromatic heterocycles. The molecule has 2 N–H and O–H groups in total. The van der Waals surface area contributed by atoms with E-state index < -0.39 is 10.8 Å². The number of rotatable bonds is 4. The molecule has 1 atom stereocenters. The van der Waals surface area contributed by atoms with Gasteiger partial charge in [0.25, 0.3) is 0 Å². The zero-order valence-electron chi connectivity index (χ0n) is 8.69. The molecule has 1 unspecified atom stereocenters. The van der Waals surface area contributed by atoms with E-state index in [4.69, 9.17) is 5.73 Å². The molecule has 0 saturated carbocycles. The largest absolute Gasteiger partial charge is 0.326 e. The Hall–Kier alpha value is -0.670. The molecule has 0 aliphatic rings. The average molecular weight is 211 g/mol. The average Bonchev–Trinajstić information content (AvgIpc) is 2.18. The summed E-state index contributed by atoms with van der Waals surface area (Å²) < 4.78 is 11.7. The zero-order chi connectivity index (χ0) is 10.6. The maximum atomic E-state index is 11.7. The highest BCUT2D eigenvalue weighted by Gasteiger charge is 2.08. The van der Waals surface area contributed by atoms with Gasteiger partial charge in [-0.15, -0.1) is 0 Å². The second-order valence-corrected chi connectivity index (χ2v) is 5.54. The van der Waals surface area contributed by atoms with Crippen LogP contribution in [0.5, 0.6) is 0 Å². The summed E-state index contributed by atoms with van der Waals surface area (Å²) in [5.41, 5.74) is 7.82. The molecule has 3 heteroatoms. The molecule has 0 heterocycles. The van der Waals surface area contributed by atoms with E-state index in [1.165, 1.54) is 0 Å². The Kier molecular flexibility index (Phi) is 4.29. The van der Waals surface area contributed by atoms with Gasteiger partial charge >= 0.3 is 0 Å². The summed E-state index contributed by atoms with van der Waals surface area (Å²) in [7, 11) is -0.790. The van der Waals surface area contributed by atoms with Crippen LogP contribution in [0.25, 0.3) is 0 Å². The first-order valence-electron chi connectivity index (χ1n) is 4.79. The van der Waals surface area contributed by atoms with Gasteiger partial charge in [0.1, 0.15) is 0 Å². The molecular weight excluding hydrogens is 194 g/mol. The summed E-state index contributed by atoms with van der Waals surface area (Å²) >= 11 is 0. The lowest BCUT2D eigenvalue weighted by Crippen LogP contribution is -2.10. The molecule has 1 rings (SSSR count). The van der Waals surface area contributed by atoms with Crippen molar-refractivity contribution in [2.24, 2.45) is 5.73 Å². The highest BCUT2D eigenvalue weighted by atomic mass is 32.2. The van der Waals surface area contributed by atoms with Crippen LogP contribution in [0.1, 0.15) is 25.0 Å². The van der Waals surface area contributed by atoms with Crippen LogP contribution in [-0.4, -0.2) is 9.46 Å². The predicted molar refractivity (Wildman–Crippen MR) is 61.3 cm³/mol. The molecule has 0 fully saturated rings. The van der Waals surface area contributed by atoms with Crippen molar-refractivity contribution in [3.8, 4) is 0 Å². The van der Waals surface area contributed by atoms with Gasteiger partial charge in [-0.3, -0.25) is 4.21 Å². The van der Waals surface area contributed by atoms with E-state index in [2.05, 4.69) is 0 Å². The number of benzene rings is 1. The van der Waals surface area contributed by atoms with Crippen LogP contribution in [-0.2, 0) is 23.1 Å². The maximum Gasteiger partial charge on any atom is 0.0491 e. The van der Waals surface area contributed by atoms with E-state index in [-0.39, 0.29) is 5.25 Å². The van der Waals surface area contributed by atoms with Gasteiger partial charge < -0.3 is 5.73 Å². The lowest BCUT2D eigenvalue weighted by atomic mass is 10.1. The van der Waals surface area contributed by atoms with Crippen molar-refractivity contribution in [1.29, 1.82) is 0 Å². The Labute approximate surface area is 88.0 Å². The number of hydrogen-bond donors (Lipinski definition) is 1. The van der Waals surface area contributed by atoms with E-state index in [1.807, 2.05) is 38.1 Å². The van der Waals surface area contributed by atoms with Crippen molar-refractivity contribution in [2.45, 2.75) is 31.4 Å². The third kappa shape index (κ3) is 2.93. The van der Waals surface area contributed by atoms with Crippen molar-refractivity contribution in [3.05, 3.63) is 35.4 Å². The molecule has 0 aliphatic carbocycles. The third-order valence-electron chi connectivity index (χ3n) is 2.16. The standard InChI is InChI=1S/C11H17NOS/c1-9(2)14(13)8-11-6-4-3-5-10(11)7-12/h3-6,9H,7-8,12H2,1-2H3. The molecule has 0 radical (unpaired) electrons. The molecule has 1 aromatic carbocycles. The van der Waals surface area contributed by atoms with E-state index in [0.29, 0.717) is 12.3 Å². The summed E-state index contributed by atoms with van der Waals surface area (Å²) in [5.74, 6) is 0.616. The van der Waals surface area contributed by atoms with Gasteiger partial charge in [0, 0.05) is 28.3 Å². The Morgan fingerprint density at radius 2 is 1.86 bits per heavy atom. The first kappa shape index (κ1) is 11.4. The predicted octanol–water partition coefficient (Wildman–Crippen LogP) is 1.80. The van der Waals surface area contributed by atoms with Crippen LogP contribution in [0.3, 0.4) is 0 Å². The zero-order valence-corrected chi connectivity index (χ0v) is 9.51. The second-order valence-electron chi connectivity index (χ2n) is 3.55. The maximum absolute atomic E-state index is 11.7. The lowest BCUT2D eigenvalue weighted by molar-refractivity contribution is 0.676. The third-order valence-corrected chi connectivity index (χ3v) is 3.81. The monoisotopic (exact) mass is 211 g/mol. The van der Waals surface area contributed by atoms with E-state index in [0.717, 1.165) is 11.1 Å². The van der Waals surface area contributed by atoms with Crippen molar-refractivity contribution in [2.75, 3.05) is 0 Å². The molecule has 1 aromatic rings. The van der Waals surface area contributed by atoms with Gasteiger partial charge in [-0.05, 0) is 11.1 Å². The van der Waals surface area contributed by atoms with Crippen LogP contribution in [0.15, 0.2) is 24.3 Å². The van der Waals surface area contributed by atoms with Crippen LogP contribution in [0, 0.1) is 0 Å². The van der Waals surface area contributed by atoms with Gasteiger partial charge in [-0.25, -0.2) is 0 Å². The molecule has 78 valence electrons. The highest BCUT2D eigenvalue weighted by molar-refractivity contribution is 7.84. The summed E-state index contributed by atoms with van der Waals surface area (Å²) in [6.45, 7) is 4.47. The van der Waals surface area contributed by atoms with E-state index in [9.17, 15) is 4.21 Å². The van der Waals surface area contributed by atoms with Gasteiger partial charge in [-0.2, -0.15) is 0 Å².